The summed E-state index contributed by atoms with van der Waals surface area (Å²) in [5, 5.41) is 5.67. The zero-order chi connectivity index (χ0) is 39.1. The molecule has 2 N–H and O–H groups in total. The van der Waals surface area contributed by atoms with Gasteiger partial charge in [0.15, 0.2) is 0 Å². The van der Waals surface area contributed by atoms with E-state index in [-0.39, 0.29) is 32.5 Å². The number of benzene rings is 2. The second kappa shape index (κ2) is 20.5. The lowest BCUT2D eigenvalue weighted by atomic mass is 9.90. The first-order valence-electron chi connectivity index (χ1n) is 16.7. The Hall–Kier alpha value is -4.69. The Morgan fingerprint density at radius 1 is 1.13 bits per heavy atom. The number of carbonyl (C=O) groups is 6. The molecule has 2 amide bonds. The standard InChI is InChI=1S/C38H44BrClN2O11/c1-6-17-50-32(45)20-30-36(47)52-28(23(2)34(51-22-43)33(39)25-11-8-7-9-12-25)13-10-14-31(44)42-27(19-24-15-16-29(49-5)26(40)18-24)35(46)41-21-38(3,4)37(48)53-30/h6-12,14-16,18,22-23,27-28,30,33-34H,1,13,17,19-21H2,2-5H3,(H,41,46)(H,42,44)/b14-10+/t23-,27?,28-,30-,33-,34+/m0/s1. The smallest absolute Gasteiger partial charge is 0.348 e. The van der Waals surface area contributed by atoms with Crippen molar-refractivity contribution in [3.63, 3.8) is 0 Å². The highest BCUT2D eigenvalue weighted by molar-refractivity contribution is 9.09. The van der Waals surface area contributed by atoms with E-state index in [0.29, 0.717) is 16.3 Å². The molecule has 2 aromatic carbocycles. The monoisotopic (exact) mass is 818 g/mol. The molecule has 3 rings (SSSR count). The van der Waals surface area contributed by atoms with Gasteiger partial charge in [-0.1, -0.05) is 89.6 Å². The van der Waals surface area contributed by atoms with Crippen molar-refractivity contribution in [2.45, 2.75) is 69.2 Å². The summed E-state index contributed by atoms with van der Waals surface area (Å²) in [6.45, 7) is 7.99. The SMILES string of the molecule is C=CCOC(=O)C[C@@H]1OC(=O)C(C)(C)CNC(=O)C(Cc2ccc(OC)c(Cl)c2)NC(=O)/C=C/C[C@@H]([C@H](C)[C@@H](OC=O)[C@@H](Br)c2ccccc2)OC1=O. The predicted octanol–water partition coefficient (Wildman–Crippen LogP) is 4.74. The van der Waals surface area contributed by atoms with Gasteiger partial charge in [0.1, 0.15) is 30.6 Å². The maximum atomic E-state index is 13.8. The normalized spacial score (nSPS) is 22.0. The van der Waals surface area contributed by atoms with E-state index < -0.39 is 76.7 Å². The maximum Gasteiger partial charge on any atom is 0.348 e. The van der Waals surface area contributed by atoms with E-state index in [1.807, 2.05) is 30.3 Å². The van der Waals surface area contributed by atoms with E-state index >= 15 is 0 Å². The van der Waals surface area contributed by atoms with Crippen molar-refractivity contribution in [1.29, 1.82) is 0 Å². The lowest BCUT2D eigenvalue weighted by Crippen LogP contribution is -2.51. The average molecular weight is 820 g/mol. The number of ether oxygens (including phenoxy) is 5. The minimum absolute atomic E-state index is 0.0308. The van der Waals surface area contributed by atoms with Gasteiger partial charge in [0.25, 0.3) is 6.47 Å². The molecule has 2 aromatic rings. The Labute approximate surface area is 321 Å². The topological polar surface area (TPSA) is 173 Å². The van der Waals surface area contributed by atoms with Crippen molar-refractivity contribution in [3.8, 4) is 5.75 Å². The highest BCUT2D eigenvalue weighted by Crippen LogP contribution is 2.35. The number of alkyl halides is 1. The van der Waals surface area contributed by atoms with Gasteiger partial charge in [-0.15, -0.1) is 0 Å². The molecule has 0 radical (unpaired) electrons. The van der Waals surface area contributed by atoms with Crippen LogP contribution in [0, 0.1) is 11.3 Å². The number of nitrogens with one attached hydrogen (secondary N) is 2. The molecule has 0 aliphatic carbocycles. The van der Waals surface area contributed by atoms with Gasteiger partial charge in [-0.3, -0.25) is 24.0 Å². The number of carbonyl (C=O) groups excluding carboxylic acids is 6. The number of esters is 3. The Morgan fingerprint density at radius 2 is 1.85 bits per heavy atom. The molecule has 0 saturated carbocycles. The molecule has 0 saturated heterocycles. The average Bonchev–Trinajstić information content (AvgIpc) is 3.13. The van der Waals surface area contributed by atoms with Gasteiger partial charge in [-0.25, -0.2) is 4.79 Å². The summed E-state index contributed by atoms with van der Waals surface area (Å²) in [7, 11) is 1.47. The van der Waals surface area contributed by atoms with Crippen LogP contribution in [0.3, 0.4) is 0 Å². The van der Waals surface area contributed by atoms with Gasteiger partial charge in [-0.2, -0.15) is 0 Å². The third kappa shape index (κ3) is 12.7. The van der Waals surface area contributed by atoms with Crippen LogP contribution in [0.2, 0.25) is 5.02 Å². The summed E-state index contributed by atoms with van der Waals surface area (Å²) in [6.07, 6.45) is -0.541. The maximum absolute atomic E-state index is 13.8. The van der Waals surface area contributed by atoms with E-state index in [0.717, 1.165) is 5.56 Å². The first-order valence-corrected chi connectivity index (χ1v) is 18.0. The lowest BCUT2D eigenvalue weighted by molar-refractivity contribution is -0.182. The molecule has 286 valence electrons. The van der Waals surface area contributed by atoms with Gasteiger partial charge >= 0.3 is 17.9 Å². The summed E-state index contributed by atoms with van der Waals surface area (Å²) in [5.74, 6) is -4.43. The van der Waals surface area contributed by atoms with E-state index in [4.69, 9.17) is 35.3 Å². The largest absolute Gasteiger partial charge is 0.495 e. The summed E-state index contributed by atoms with van der Waals surface area (Å²) in [6, 6.07) is 12.9. The fourth-order valence-electron chi connectivity index (χ4n) is 5.30. The van der Waals surface area contributed by atoms with Crippen molar-refractivity contribution in [2.75, 3.05) is 20.3 Å². The fraction of sp³-hybridized carbons (Fsp3) is 0.421. The van der Waals surface area contributed by atoms with Crippen LogP contribution in [0.5, 0.6) is 5.75 Å². The minimum Gasteiger partial charge on any atom is -0.495 e. The second-order valence-electron chi connectivity index (χ2n) is 12.9. The third-order valence-corrected chi connectivity index (χ3v) is 9.75. The molecule has 0 aromatic heterocycles. The quantitative estimate of drug-likeness (QED) is 0.0941. The van der Waals surface area contributed by atoms with Crippen LogP contribution in [0.4, 0.5) is 0 Å². The molecule has 0 spiro atoms. The van der Waals surface area contributed by atoms with Gasteiger partial charge in [-0.05, 0) is 43.2 Å². The number of hydrogen-bond donors (Lipinski definition) is 2. The van der Waals surface area contributed by atoms with Gasteiger partial charge in [0.2, 0.25) is 17.9 Å². The van der Waals surface area contributed by atoms with Crippen LogP contribution in [0.1, 0.15) is 49.6 Å². The zero-order valence-electron chi connectivity index (χ0n) is 29.9. The highest BCUT2D eigenvalue weighted by Gasteiger charge is 2.40. The van der Waals surface area contributed by atoms with Gasteiger partial charge in [0.05, 0.1) is 28.8 Å². The van der Waals surface area contributed by atoms with Crippen molar-refractivity contribution in [2.24, 2.45) is 11.3 Å². The number of amides is 2. The Bertz CT molecular complexity index is 1650. The van der Waals surface area contributed by atoms with Crippen LogP contribution < -0.4 is 15.4 Å². The molecule has 0 bridgehead atoms. The molecule has 0 fully saturated rings. The Kier molecular flexibility index (Phi) is 16.5. The molecule has 1 unspecified atom stereocenters. The highest BCUT2D eigenvalue weighted by atomic mass is 79.9. The predicted molar refractivity (Wildman–Crippen MR) is 198 cm³/mol. The van der Waals surface area contributed by atoms with E-state index in [2.05, 4.69) is 33.1 Å². The van der Waals surface area contributed by atoms with Gasteiger partial charge in [0, 0.05) is 25.3 Å². The van der Waals surface area contributed by atoms with E-state index in [1.165, 1.54) is 39.2 Å². The van der Waals surface area contributed by atoms with Crippen molar-refractivity contribution in [1.82, 2.24) is 10.6 Å². The molecule has 1 aliphatic rings. The molecule has 6 atom stereocenters. The molecular weight excluding hydrogens is 776 g/mol. The summed E-state index contributed by atoms with van der Waals surface area (Å²) in [4.78, 5) is 77.9. The van der Waals surface area contributed by atoms with Crippen molar-refractivity contribution < 1.29 is 52.5 Å². The van der Waals surface area contributed by atoms with Crippen LogP contribution in [0.25, 0.3) is 0 Å². The number of rotatable bonds is 13. The first-order chi connectivity index (χ1) is 25.2. The number of hydrogen-bond acceptors (Lipinski definition) is 11. The minimum atomic E-state index is -1.75. The molecule has 1 heterocycles. The van der Waals surface area contributed by atoms with Crippen LogP contribution in [-0.2, 0) is 54.1 Å². The van der Waals surface area contributed by atoms with E-state index in [1.54, 1.807) is 25.1 Å². The summed E-state index contributed by atoms with van der Waals surface area (Å²) < 4.78 is 27.3. The molecule has 13 nitrogen and oxygen atoms in total. The van der Waals surface area contributed by atoms with Crippen molar-refractivity contribution in [3.05, 3.63) is 89.5 Å². The van der Waals surface area contributed by atoms with Crippen LogP contribution >= 0.6 is 27.5 Å². The fourth-order valence-corrected chi connectivity index (χ4v) is 6.49. The number of methoxy groups -OCH3 is 1. The summed E-state index contributed by atoms with van der Waals surface area (Å²) >= 11 is 9.92. The van der Waals surface area contributed by atoms with Crippen molar-refractivity contribution >= 4 is 63.7 Å². The summed E-state index contributed by atoms with van der Waals surface area (Å²) in [5.41, 5.74) is -0.0471. The second-order valence-corrected chi connectivity index (χ2v) is 14.3. The molecule has 1 aliphatic heterocycles. The third-order valence-electron chi connectivity index (χ3n) is 8.40. The Balaban J connectivity index is 2.03. The first kappa shape index (κ1) is 42.7. The Morgan fingerprint density at radius 3 is 2.49 bits per heavy atom. The lowest BCUT2D eigenvalue weighted by Gasteiger charge is -2.33. The molecular formula is C38H44BrClN2O11. The van der Waals surface area contributed by atoms with Crippen LogP contribution in [-0.4, -0.2) is 80.8 Å². The van der Waals surface area contributed by atoms with E-state index in [9.17, 15) is 28.8 Å². The van der Waals surface area contributed by atoms with Gasteiger partial charge < -0.3 is 34.3 Å². The van der Waals surface area contributed by atoms with Crippen LogP contribution in [0.15, 0.2) is 73.3 Å². The number of halogens is 2. The molecule has 15 heteroatoms. The number of cyclic esters (lactones) is 2. The zero-order valence-corrected chi connectivity index (χ0v) is 32.2. The molecule has 53 heavy (non-hydrogen) atoms.